The molecule has 102 valence electrons. The Morgan fingerprint density at radius 2 is 2.11 bits per heavy atom. The van der Waals surface area contributed by atoms with Crippen LogP contribution in [-0.2, 0) is 11.3 Å². The molecule has 0 saturated carbocycles. The molecule has 1 aromatic carbocycles. The lowest BCUT2D eigenvalue weighted by Crippen LogP contribution is -2.26. The van der Waals surface area contributed by atoms with Crippen LogP contribution in [0.2, 0.25) is 0 Å². The number of carbonyl (C=O) groups excluding carboxylic acids is 1. The Morgan fingerprint density at radius 1 is 1.42 bits per heavy atom. The second-order valence-electron chi connectivity index (χ2n) is 4.68. The number of aryl methyl sites for hydroxylation is 2. The Kier molecular flexibility index (Phi) is 5.37. The first-order valence-corrected chi connectivity index (χ1v) is 6.24. The van der Waals surface area contributed by atoms with Crippen LogP contribution in [0.4, 0.5) is 0 Å². The lowest BCUT2D eigenvalue weighted by molar-refractivity contribution is -0.130. The van der Waals surface area contributed by atoms with Gasteiger partial charge in [0.2, 0.25) is 5.91 Å². The van der Waals surface area contributed by atoms with Gasteiger partial charge in [-0.25, -0.2) is 0 Å². The second-order valence-corrected chi connectivity index (χ2v) is 4.68. The van der Waals surface area contributed by atoms with Crippen molar-refractivity contribution in [2.24, 2.45) is 0 Å². The van der Waals surface area contributed by atoms with E-state index in [1.807, 2.05) is 26.0 Å². The van der Waals surface area contributed by atoms with Gasteiger partial charge in [-0.05, 0) is 19.4 Å². The number of nitrogens with zero attached hydrogens (tertiary/aromatic N) is 2. The van der Waals surface area contributed by atoms with Gasteiger partial charge in [0.1, 0.15) is 5.75 Å². The summed E-state index contributed by atoms with van der Waals surface area (Å²) < 4.78 is 5.40. The first-order valence-electron chi connectivity index (χ1n) is 6.24. The largest absolute Gasteiger partial charge is 0.496 e. The van der Waals surface area contributed by atoms with Crippen LogP contribution in [0, 0.1) is 25.2 Å². The molecule has 0 radical (unpaired) electrons. The minimum Gasteiger partial charge on any atom is -0.496 e. The van der Waals surface area contributed by atoms with Gasteiger partial charge in [-0.1, -0.05) is 17.7 Å². The van der Waals surface area contributed by atoms with Crippen molar-refractivity contribution in [3.63, 3.8) is 0 Å². The highest BCUT2D eigenvalue weighted by molar-refractivity contribution is 5.76. The molecular weight excluding hydrogens is 240 g/mol. The summed E-state index contributed by atoms with van der Waals surface area (Å²) in [7, 11) is 3.38. The molecule has 1 amide bonds. The van der Waals surface area contributed by atoms with Gasteiger partial charge in [0.15, 0.2) is 0 Å². The van der Waals surface area contributed by atoms with Crippen LogP contribution in [0.25, 0.3) is 0 Å². The molecule has 0 aliphatic rings. The molecule has 4 nitrogen and oxygen atoms in total. The fourth-order valence-corrected chi connectivity index (χ4v) is 2.15. The van der Waals surface area contributed by atoms with Gasteiger partial charge in [-0.3, -0.25) is 4.79 Å². The molecule has 19 heavy (non-hydrogen) atoms. The molecule has 0 aliphatic carbocycles. The quantitative estimate of drug-likeness (QED) is 0.817. The van der Waals surface area contributed by atoms with Crippen LogP contribution in [0.3, 0.4) is 0 Å². The van der Waals surface area contributed by atoms with E-state index in [-0.39, 0.29) is 18.7 Å². The van der Waals surface area contributed by atoms with Gasteiger partial charge in [0.05, 0.1) is 13.2 Å². The normalized spacial score (nSPS) is 9.84. The maximum Gasteiger partial charge on any atom is 0.223 e. The Morgan fingerprint density at radius 3 is 2.68 bits per heavy atom. The number of carbonyl (C=O) groups is 1. The highest BCUT2D eigenvalue weighted by atomic mass is 16.5. The van der Waals surface area contributed by atoms with Crippen LogP contribution in [0.15, 0.2) is 12.1 Å². The molecule has 0 fully saturated rings. The molecule has 0 unspecified atom stereocenters. The molecular formula is C15H20N2O2. The van der Waals surface area contributed by atoms with Gasteiger partial charge in [-0.2, -0.15) is 5.26 Å². The van der Waals surface area contributed by atoms with E-state index in [9.17, 15) is 4.79 Å². The van der Waals surface area contributed by atoms with Crippen molar-refractivity contribution < 1.29 is 9.53 Å². The van der Waals surface area contributed by atoms with E-state index in [1.165, 1.54) is 0 Å². The second kappa shape index (κ2) is 6.79. The number of benzene rings is 1. The Bertz CT molecular complexity index is 504. The highest BCUT2D eigenvalue weighted by Crippen LogP contribution is 2.26. The number of amides is 1. The molecule has 0 saturated heterocycles. The molecule has 0 bridgehead atoms. The molecule has 1 rings (SSSR count). The topological polar surface area (TPSA) is 53.3 Å². The number of nitriles is 1. The van der Waals surface area contributed by atoms with E-state index in [2.05, 4.69) is 6.07 Å². The fraction of sp³-hybridized carbons (Fsp3) is 0.467. The van der Waals surface area contributed by atoms with Crippen molar-refractivity contribution in [3.8, 4) is 11.8 Å². The monoisotopic (exact) mass is 260 g/mol. The predicted octanol–water partition coefficient (Wildman–Crippen LogP) is 2.57. The third-order valence-corrected chi connectivity index (χ3v) is 2.98. The van der Waals surface area contributed by atoms with Crippen LogP contribution in [-0.4, -0.2) is 25.0 Å². The summed E-state index contributed by atoms with van der Waals surface area (Å²) in [4.78, 5) is 13.4. The van der Waals surface area contributed by atoms with E-state index in [1.54, 1.807) is 19.1 Å². The first-order chi connectivity index (χ1) is 8.99. The summed E-state index contributed by atoms with van der Waals surface area (Å²) in [6.07, 6.45) is 0.521. The summed E-state index contributed by atoms with van der Waals surface area (Å²) in [5.74, 6) is 0.799. The first kappa shape index (κ1) is 15.0. The van der Waals surface area contributed by atoms with Gasteiger partial charge in [0.25, 0.3) is 0 Å². The number of ether oxygens (including phenoxy) is 1. The summed E-state index contributed by atoms with van der Waals surface area (Å²) in [6.45, 7) is 4.51. The lowest BCUT2D eigenvalue weighted by Gasteiger charge is -2.20. The third-order valence-electron chi connectivity index (χ3n) is 2.98. The van der Waals surface area contributed by atoms with E-state index < -0.39 is 0 Å². The number of hydrogen-bond acceptors (Lipinski definition) is 3. The third kappa shape index (κ3) is 3.99. The Labute approximate surface area is 114 Å². The van der Waals surface area contributed by atoms with Crippen LogP contribution in [0.5, 0.6) is 5.75 Å². The van der Waals surface area contributed by atoms with Crippen molar-refractivity contribution >= 4 is 5.91 Å². The standard InChI is InChI=1S/C15H20N2O2/c1-11-8-12(2)15(19-4)13(9-11)10-17(3)14(18)6-5-7-16/h8-9H,5-6,10H2,1-4H3. The minimum absolute atomic E-state index is 0.0252. The molecule has 0 aliphatic heterocycles. The van der Waals surface area contributed by atoms with Gasteiger partial charge in [-0.15, -0.1) is 0 Å². The summed E-state index contributed by atoms with van der Waals surface area (Å²) in [5.41, 5.74) is 3.20. The molecule has 0 heterocycles. The Hall–Kier alpha value is -2.02. The lowest BCUT2D eigenvalue weighted by atomic mass is 10.0. The van der Waals surface area contributed by atoms with Crippen molar-refractivity contribution in [2.75, 3.05) is 14.2 Å². The summed E-state index contributed by atoms with van der Waals surface area (Å²) in [5, 5.41) is 8.50. The average molecular weight is 260 g/mol. The molecule has 4 heteroatoms. The molecule has 0 atom stereocenters. The molecule has 1 aromatic rings. The fourth-order valence-electron chi connectivity index (χ4n) is 2.15. The number of hydrogen-bond donors (Lipinski definition) is 0. The van der Waals surface area contributed by atoms with Crippen molar-refractivity contribution in [3.05, 3.63) is 28.8 Å². The van der Waals surface area contributed by atoms with E-state index in [0.29, 0.717) is 6.54 Å². The van der Waals surface area contributed by atoms with Crippen molar-refractivity contribution in [2.45, 2.75) is 33.2 Å². The molecule has 0 aromatic heterocycles. The predicted molar refractivity (Wildman–Crippen MR) is 73.8 cm³/mol. The van der Waals surface area contributed by atoms with Gasteiger partial charge < -0.3 is 9.64 Å². The number of rotatable bonds is 5. The summed E-state index contributed by atoms with van der Waals surface area (Å²) >= 11 is 0. The summed E-state index contributed by atoms with van der Waals surface area (Å²) in [6, 6.07) is 6.07. The zero-order valence-electron chi connectivity index (χ0n) is 12.0. The van der Waals surface area contributed by atoms with E-state index >= 15 is 0 Å². The SMILES string of the molecule is COc1c(C)cc(C)cc1CN(C)C(=O)CCC#N. The number of methoxy groups -OCH3 is 1. The molecule has 0 N–H and O–H groups in total. The van der Waals surface area contributed by atoms with E-state index in [4.69, 9.17) is 10.00 Å². The zero-order chi connectivity index (χ0) is 14.4. The molecule has 0 spiro atoms. The van der Waals surface area contributed by atoms with E-state index in [0.717, 1.165) is 22.4 Å². The zero-order valence-corrected chi connectivity index (χ0v) is 12.0. The van der Waals surface area contributed by atoms with Crippen LogP contribution >= 0.6 is 0 Å². The van der Waals surface area contributed by atoms with Crippen LogP contribution < -0.4 is 4.74 Å². The highest BCUT2D eigenvalue weighted by Gasteiger charge is 2.13. The Balaban J connectivity index is 2.87. The van der Waals surface area contributed by atoms with Gasteiger partial charge in [0, 0.05) is 32.0 Å². The minimum atomic E-state index is -0.0252. The average Bonchev–Trinajstić information content (AvgIpc) is 2.35. The maximum absolute atomic E-state index is 11.8. The van der Waals surface area contributed by atoms with Crippen LogP contribution in [0.1, 0.15) is 29.5 Å². The maximum atomic E-state index is 11.8. The smallest absolute Gasteiger partial charge is 0.223 e. The van der Waals surface area contributed by atoms with Crippen molar-refractivity contribution in [1.29, 1.82) is 5.26 Å². The van der Waals surface area contributed by atoms with Gasteiger partial charge >= 0.3 is 0 Å². The van der Waals surface area contributed by atoms with Crippen molar-refractivity contribution in [1.82, 2.24) is 4.90 Å².